The lowest BCUT2D eigenvalue weighted by Gasteiger charge is -2.43. The van der Waals surface area contributed by atoms with E-state index in [0.29, 0.717) is 6.42 Å². The Bertz CT molecular complexity index is 881. The van der Waals surface area contributed by atoms with Crippen molar-refractivity contribution in [1.82, 2.24) is 9.88 Å². The Morgan fingerprint density at radius 1 is 1.21 bits per heavy atom. The molecule has 1 aliphatic rings. The lowest BCUT2D eigenvalue weighted by atomic mass is 9.81. The van der Waals surface area contributed by atoms with Crippen molar-refractivity contribution in [2.45, 2.75) is 45.1 Å². The maximum absolute atomic E-state index is 12.8. The Morgan fingerprint density at radius 2 is 1.93 bits per heavy atom. The van der Waals surface area contributed by atoms with E-state index in [1.807, 2.05) is 50.2 Å². The van der Waals surface area contributed by atoms with Crippen molar-refractivity contribution < 1.29 is 19.5 Å². The second-order valence-corrected chi connectivity index (χ2v) is 7.22. The summed E-state index contributed by atoms with van der Waals surface area (Å²) >= 11 is 0. The van der Waals surface area contributed by atoms with Crippen LogP contribution in [-0.2, 0) is 20.8 Å². The van der Waals surface area contributed by atoms with E-state index in [-0.39, 0.29) is 12.3 Å². The lowest BCUT2D eigenvalue weighted by molar-refractivity contribution is -0.177. The fourth-order valence-electron chi connectivity index (χ4n) is 3.83. The molecule has 146 valence electrons. The summed E-state index contributed by atoms with van der Waals surface area (Å²) in [4.78, 5) is 42.2. The zero-order valence-corrected chi connectivity index (χ0v) is 16.0. The molecular formula is C22H24N2O4. The number of aliphatic carboxylic acids is 1. The number of hydrogen-bond donors (Lipinski definition) is 1. The first-order valence-corrected chi connectivity index (χ1v) is 9.47. The van der Waals surface area contributed by atoms with E-state index >= 15 is 0 Å². The fourth-order valence-corrected chi connectivity index (χ4v) is 3.83. The highest BCUT2D eigenvalue weighted by molar-refractivity contribution is 6.08. The Balaban J connectivity index is 1.73. The first-order valence-electron chi connectivity index (χ1n) is 9.47. The number of β-lactam (4-membered cyclic amide) rings is 1. The monoisotopic (exact) mass is 380 g/mol. The predicted molar refractivity (Wildman–Crippen MR) is 104 cm³/mol. The molecule has 28 heavy (non-hydrogen) atoms. The molecule has 3 rings (SSSR count). The summed E-state index contributed by atoms with van der Waals surface area (Å²) in [7, 11) is 0. The third-order valence-electron chi connectivity index (χ3n) is 5.34. The number of rotatable bonds is 7. The van der Waals surface area contributed by atoms with Crippen molar-refractivity contribution in [1.29, 1.82) is 0 Å². The van der Waals surface area contributed by atoms with Gasteiger partial charge >= 0.3 is 5.97 Å². The van der Waals surface area contributed by atoms with E-state index in [1.54, 1.807) is 12.3 Å². The van der Waals surface area contributed by atoms with Gasteiger partial charge in [-0.25, -0.2) is 4.79 Å². The molecule has 1 aromatic carbocycles. The molecule has 2 heterocycles. The minimum Gasteiger partial charge on any atom is -0.480 e. The average molecular weight is 380 g/mol. The number of likely N-dealkylation sites (tertiary alicyclic amines) is 1. The number of hydrogen-bond acceptors (Lipinski definition) is 4. The van der Waals surface area contributed by atoms with Gasteiger partial charge in [-0.2, -0.15) is 0 Å². The molecule has 0 saturated carbocycles. The number of nitrogens with zero attached hydrogens (tertiary/aromatic N) is 2. The quantitative estimate of drug-likeness (QED) is 0.746. The van der Waals surface area contributed by atoms with Crippen molar-refractivity contribution in [2.75, 3.05) is 0 Å². The van der Waals surface area contributed by atoms with Crippen LogP contribution in [0.1, 0.15) is 42.5 Å². The van der Waals surface area contributed by atoms with E-state index in [1.165, 1.54) is 0 Å². The number of carboxylic acid groups (broad SMARTS) is 1. The molecular weight excluding hydrogens is 356 g/mol. The Hall–Kier alpha value is -3.02. The van der Waals surface area contributed by atoms with Crippen molar-refractivity contribution >= 4 is 17.8 Å². The molecule has 6 heteroatoms. The molecule has 1 fully saturated rings. The summed E-state index contributed by atoms with van der Waals surface area (Å²) in [5.41, 5.74) is 2.67. The number of pyridine rings is 1. The summed E-state index contributed by atoms with van der Waals surface area (Å²) < 4.78 is 0. The largest absolute Gasteiger partial charge is 0.480 e. The molecule has 1 aromatic heterocycles. The summed E-state index contributed by atoms with van der Waals surface area (Å²) in [6, 6.07) is 12.1. The van der Waals surface area contributed by atoms with Crippen molar-refractivity contribution in [3.63, 3.8) is 0 Å². The third-order valence-corrected chi connectivity index (χ3v) is 5.34. The highest BCUT2D eigenvalue weighted by Gasteiger charge is 2.54. The van der Waals surface area contributed by atoms with Gasteiger partial charge in [-0.15, -0.1) is 0 Å². The molecule has 0 spiro atoms. The van der Waals surface area contributed by atoms with Crippen molar-refractivity contribution in [3.8, 4) is 0 Å². The topological polar surface area (TPSA) is 87.6 Å². The fraction of sp³-hybridized carbons (Fsp3) is 0.364. The van der Waals surface area contributed by atoms with E-state index in [2.05, 4.69) is 4.98 Å². The zero-order chi connectivity index (χ0) is 20.3. The van der Waals surface area contributed by atoms with Gasteiger partial charge in [-0.3, -0.25) is 19.5 Å². The summed E-state index contributed by atoms with van der Waals surface area (Å²) in [5, 5.41) is 9.62. The second kappa shape index (κ2) is 8.33. The van der Waals surface area contributed by atoms with Gasteiger partial charge < -0.3 is 5.11 Å². The van der Waals surface area contributed by atoms with E-state index in [0.717, 1.165) is 28.1 Å². The van der Waals surface area contributed by atoms with E-state index < -0.39 is 29.7 Å². The maximum Gasteiger partial charge on any atom is 0.327 e. The Morgan fingerprint density at radius 3 is 2.54 bits per heavy atom. The number of imide groups is 1. The van der Waals surface area contributed by atoms with Crippen LogP contribution in [0.25, 0.3) is 0 Å². The van der Waals surface area contributed by atoms with Crippen molar-refractivity contribution in [3.05, 3.63) is 65.5 Å². The van der Waals surface area contributed by atoms with E-state index in [4.69, 9.17) is 0 Å². The summed E-state index contributed by atoms with van der Waals surface area (Å²) in [6.07, 6.45) is 2.78. The van der Waals surface area contributed by atoms with Crippen LogP contribution in [0.3, 0.4) is 0 Å². The summed E-state index contributed by atoms with van der Waals surface area (Å²) in [6.45, 7) is 3.82. The van der Waals surface area contributed by atoms with Gasteiger partial charge in [-0.05, 0) is 48.9 Å². The molecule has 2 aromatic rings. The highest BCUT2D eigenvalue weighted by atomic mass is 16.4. The van der Waals surface area contributed by atoms with Crippen LogP contribution in [0, 0.1) is 12.8 Å². The first-order chi connectivity index (χ1) is 13.4. The standard InChI is InChI=1S/C22H24N2O4/c1-3-16(17-7-5-4-6-8-17)13-19(25)24-20(22(27)28)18(21(24)26)12-15-9-10-23-14(2)11-15/h4-11,16,18,20H,3,12-13H2,1-2H3,(H,27,28)/t16-,18+,20-/m0/s1. The van der Waals surface area contributed by atoms with Crippen LogP contribution < -0.4 is 0 Å². The lowest BCUT2D eigenvalue weighted by Crippen LogP contribution is -2.66. The van der Waals surface area contributed by atoms with E-state index in [9.17, 15) is 19.5 Å². The van der Waals surface area contributed by atoms with Gasteiger partial charge in [0.05, 0.1) is 5.92 Å². The average Bonchev–Trinajstić information content (AvgIpc) is 2.68. The zero-order valence-electron chi connectivity index (χ0n) is 16.0. The van der Waals surface area contributed by atoms with Gasteiger partial charge in [0.2, 0.25) is 11.8 Å². The molecule has 6 nitrogen and oxygen atoms in total. The van der Waals surface area contributed by atoms with Gasteiger partial charge in [-0.1, -0.05) is 37.3 Å². The maximum atomic E-state index is 12.8. The van der Waals surface area contributed by atoms with Crippen LogP contribution in [0.15, 0.2) is 48.7 Å². The molecule has 1 aliphatic heterocycles. The predicted octanol–water partition coefficient (Wildman–Crippen LogP) is 2.95. The minimum atomic E-state index is -1.14. The van der Waals surface area contributed by atoms with Gasteiger partial charge in [0.25, 0.3) is 0 Å². The van der Waals surface area contributed by atoms with Gasteiger partial charge in [0.1, 0.15) is 6.04 Å². The Kier molecular flexibility index (Phi) is 5.87. The molecule has 0 bridgehead atoms. The number of carbonyl (C=O) groups is 3. The molecule has 1 saturated heterocycles. The highest BCUT2D eigenvalue weighted by Crippen LogP contribution is 2.33. The second-order valence-electron chi connectivity index (χ2n) is 7.22. The number of carbonyl (C=O) groups excluding carboxylic acids is 2. The third kappa shape index (κ3) is 3.96. The van der Waals surface area contributed by atoms with Crippen LogP contribution >= 0.6 is 0 Å². The van der Waals surface area contributed by atoms with Crippen LogP contribution in [0.2, 0.25) is 0 Å². The van der Waals surface area contributed by atoms with Gasteiger partial charge in [0, 0.05) is 18.3 Å². The van der Waals surface area contributed by atoms with Crippen LogP contribution in [0.5, 0.6) is 0 Å². The molecule has 1 N–H and O–H groups in total. The van der Waals surface area contributed by atoms with Crippen molar-refractivity contribution in [2.24, 2.45) is 5.92 Å². The SMILES string of the molecule is CC[C@@H](CC(=O)N1C(=O)[C@H](Cc2ccnc(C)c2)[C@H]1C(=O)O)c1ccccc1. The molecule has 0 aliphatic carbocycles. The number of benzene rings is 1. The smallest absolute Gasteiger partial charge is 0.327 e. The first kappa shape index (κ1) is 19.7. The van der Waals surface area contributed by atoms with Crippen LogP contribution in [0.4, 0.5) is 0 Å². The molecule has 2 amide bonds. The molecule has 0 radical (unpaired) electrons. The number of amides is 2. The number of aromatic nitrogens is 1. The van der Waals surface area contributed by atoms with Gasteiger partial charge in [0.15, 0.2) is 0 Å². The summed E-state index contributed by atoms with van der Waals surface area (Å²) in [5.74, 6) is -2.74. The number of carboxylic acids is 1. The number of aryl methyl sites for hydroxylation is 1. The Labute approximate surface area is 164 Å². The normalized spacial score (nSPS) is 19.8. The molecule has 3 atom stereocenters. The van der Waals surface area contributed by atoms with Crippen LogP contribution in [-0.4, -0.2) is 38.8 Å². The minimum absolute atomic E-state index is 0.0437. The molecule has 0 unspecified atom stereocenters.